The minimum Gasteiger partial charge on any atom is -0.397 e. The van der Waals surface area contributed by atoms with Crippen LogP contribution in [0.15, 0.2) is 38.6 Å². The number of nitrogens with two attached hydrogens (primary N) is 1. The van der Waals surface area contributed by atoms with Crippen molar-refractivity contribution in [1.82, 2.24) is 10.1 Å². The molecule has 3 aromatic rings. The summed E-state index contributed by atoms with van der Waals surface area (Å²) >= 11 is 5.00. The average molecular weight is 336 g/mol. The summed E-state index contributed by atoms with van der Waals surface area (Å²) in [4.78, 5) is 5.20. The van der Waals surface area contributed by atoms with Gasteiger partial charge in [-0.3, -0.25) is 0 Å². The van der Waals surface area contributed by atoms with Crippen molar-refractivity contribution < 1.29 is 4.52 Å². The quantitative estimate of drug-likeness (QED) is 0.765. The van der Waals surface area contributed by atoms with Gasteiger partial charge >= 0.3 is 0 Å². The van der Waals surface area contributed by atoms with E-state index in [1.54, 1.807) is 0 Å². The number of nitrogens with zero attached hydrogens (tertiary/aromatic N) is 2. The molecule has 0 saturated carbocycles. The van der Waals surface area contributed by atoms with E-state index in [4.69, 9.17) is 10.3 Å². The van der Waals surface area contributed by atoms with Gasteiger partial charge in [0.2, 0.25) is 5.82 Å². The molecule has 0 aliphatic carbocycles. The van der Waals surface area contributed by atoms with E-state index in [-0.39, 0.29) is 0 Å². The fourth-order valence-electron chi connectivity index (χ4n) is 1.72. The maximum absolute atomic E-state index is 5.84. The van der Waals surface area contributed by atoms with Crippen LogP contribution in [-0.4, -0.2) is 10.1 Å². The Kier molecular flexibility index (Phi) is 3.12. The van der Waals surface area contributed by atoms with Crippen LogP contribution < -0.4 is 5.73 Å². The number of anilines is 1. The van der Waals surface area contributed by atoms with Gasteiger partial charge in [0, 0.05) is 10.0 Å². The van der Waals surface area contributed by atoms with E-state index in [1.807, 2.05) is 36.6 Å². The van der Waals surface area contributed by atoms with Crippen LogP contribution in [0.5, 0.6) is 0 Å². The first-order chi connectivity index (χ1) is 9.15. The summed E-state index contributed by atoms with van der Waals surface area (Å²) in [5.41, 5.74) is 8.57. The summed E-state index contributed by atoms with van der Waals surface area (Å²) in [6.07, 6.45) is 0. The zero-order valence-electron chi connectivity index (χ0n) is 10.1. The fraction of sp³-hybridized carbons (Fsp3) is 0.0769. The van der Waals surface area contributed by atoms with Crippen LogP contribution in [0.1, 0.15) is 5.56 Å². The molecule has 0 fully saturated rings. The molecule has 0 unspecified atom stereocenters. The number of hydrogen-bond donors (Lipinski definition) is 1. The number of benzene rings is 1. The Bertz CT molecular complexity index is 735. The lowest BCUT2D eigenvalue weighted by atomic mass is 10.1. The highest BCUT2D eigenvalue weighted by atomic mass is 79.9. The lowest BCUT2D eigenvalue weighted by Crippen LogP contribution is -1.85. The molecule has 0 saturated heterocycles. The maximum Gasteiger partial charge on any atom is 0.270 e. The number of thiophene rings is 1. The van der Waals surface area contributed by atoms with E-state index >= 15 is 0 Å². The van der Waals surface area contributed by atoms with Gasteiger partial charge in [0.05, 0.1) is 5.69 Å². The van der Waals surface area contributed by atoms with Gasteiger partial charge in [0.1, 0.15) is 4.88 Å². The highest BCUT2D eigenvalue weighted by Crippen LogP contribution is 2.33. The Morgan fingerprint density at radius 2 is 2.16 bits per heavy atom. The topological polar surface area (TPSA) is 64.9 Å². The largest absolute Gasteiger partial charge is 0.397 e. The SMILES string of the molecule is Cc1ccc(-c2noc(-c3sccc3N)n2)c(Br)c1. The van der Waals surface area contributed by atoms with Gasteiger partial charge in [0.25, 0.3) is 5.89 Å². The molecular weight excluding hydrogens is 326 g/mol. The second kappa shape index (κ2) is 4.79. The van der Waals surface area contributed by atoms with Gasteiger partial charge < -0.3 is 10.3 Å². The molecule has 1 aromatic carbocycles. The van der Waals surface area contributed by atoms with Crippen molar-refractivity contribution >= 4 is 33.0 Å². The standard InChI is InChI=1S/C13H10BrN3OS/c1-7-2-3-8(9(14)6-7)12-16-13(18-17-12)11-10(15)4-5-19-11/h2-6H,15H2,1H3. The molecule has 96 valence electrons. The summed E-state index contributed by atoms with van der Waals surface area (Å²) in [5.74, 6) is 1.00. The van der Waals surface area contributed by atoms with Gasteiger partial charge in [-0.15, -0.1) is 11.3 Å². The lowest BCUT2D eigenvalue weighted by Gasteiger charge is -1.99. The monoisotopic (exact) mass is 335 g/mol. The molecule has 0 atom stereocenters. The third kappa shape index (κ3) is 2.29. The summed E-state index contributed by atoms with van der Waals surface area (Å²) in [5, 5.41) is 5.91. The number of hydrogen-bond acceptors (Lipinski definition) is 5. The van der Waals surface area contributed by atoms with Gasteiger partial charge in [-0.05, 0) is 36.1 Å². The second-order valence-corrected chi connectivity index (χ2v) is 5.88. The normalized spacial score (nSPS) is 10.8. The van der Waals surface area contributed by atoms with Crippen LogP contribution in [-0.2, 0) is 0 Å². The van der Waals surface area contributed by atoms with Crippen LogP contribution in [0.4, 0.5) is 5.69 Å². The first kappa shape index (κ1) is 12.4. The second-order valence-electron chi connectivity index (χ2n) is 4.11. The van der Waals surface area contributed by atoms with E-state index in [0.717, 1.165) is 14.9 Å². The highest BCUT2D eigenvalue weighted by Gasteiger charge is 2.15. The number of halogens is 1. The van der Waals surface area contributed by atoms with Gasteiger partial charge in [-0.25, -0.2) is 0 Å². The Morgan fingerprint density at radius 1 is 1.32 bits per heavy atom. The predicted octanol–water partition coefficient (Wildman–Crippen LogP) is 4.12. The van der Waals surface area contributed by atoms with Crippen molar-refractivity contribution in [2.24, 2.45) is 0 Å². The molecule has 2 aromatic heterocycles. The van der Waals surface area contributed by atoms with Crippen molar-refractivity contribution in [1.29, 1.82) is 0 Å². The van der Waals surface area contributed by atoms with E-state index in [2.05, 4.69) is 26.1 Å². The van der Waals surface area contributed by atoms with Crippen molar-refractivity contribution in [2.75, 3.05) is 5.73 Å². The average Bonchev–Trinajstić information content (AvgIpc) is 2.97. The molecule has 0 bridgehead atoms. The van der Waals surface area contributed by atoms with Gasteiger partial charge in [0.15, 0.2) is 0 Å². The predicted molar refractivity (Wildman–Crippen MR) is 79.9 cm³/mol. The van der Waals surface area contributed by atoms with Crippen LogP contribution in [0.3, 0.4) is 0 Å². The summed E-state index contributed by atoms with van der Waals surface area (Å²) in [7, 11) is 0. The summed E-state index contributed by atoms with van der Waals surface area (Å²) in [6, 6.07) is 7.82. The van der Waals surface area contributed by atoms with E-state index < -0.39 is 0 Å². The molecule has 4 nitrogen and oxygen atoms in total. The molecule has 0 radical (unpaired) electrons. The highest BCUT2D eigenvalue weighted by molar-refractivity contribution is 9.10. The summed E-state index contributed by atoms with van der Waals surface area (Å²) < 4.78 is 6.22. The molecule has 3 rings (SSSR count). The molecule has 19 heavy (non-hydrogen) atoms. The van der Waals surface area contributed by atoms with E-state index in [1.165, 1.54) is 16.9 Å². The van der Waals surface area contributed by atoms with Gasteiger partial charge in [-0.2, -0.15) is 4.98 Å². The first-order valence-electron chi connectivity index (χ1n) is 5.59. The zero-order chi connectivity index (χ0) is 13.4. The van der Waals surface area contributed by atoms with Crippen LogP contribution in [0.25, 0.3) is 22.2 Å². The molecule has 0 aliphatic heterocycles. The lowest BCUT2D eigenvalue weighted by molar-refractivity contribution is 0.433. The molecule has 0 spiro atoms. The fourth-order valence-corrected chi connectivity index (χ4v) is 3.13. The molecule has 0 amide bonds. The molecule has 2 N–H and O–H groups in total. The minimum atomic E-state index is 0.454. The zero-order valence-corrected chi connectivity index (χ0v) is 12.5. The summed E-state index contributed by atoms with van der Waals surface area (Å²) in [6.45, 7) is 2.03. The minimum absolute atomic E-state index is 0.454. The molecule has 0 aliphatic rings. The van der Waals surface area contributed by atoms with Crippen molar-refractivity contribution in [2.45, 2.75) is 6.92 Å². The Hall–Kier alpha value is -1.66. The molecule has 6 heteroatoms. The van der Waals surface area contributed by atoms with Crippen LogP contribution in [0, 0.1) is 6.92 Å². The van der Waals surface area contributed by atoms with Crippen LogP contribution >= 0.6 is 27.3 Å². The molecule has 2 heterocycles. The van der Waals surface area contributed by atoms with E-state index in [9.17, 15) is 0 Å². The smallest absolute Gasteiger partial charge is 0.270 e. The number of rotatable bonds is 2. The molecular formula is C13H10BrN3OS. The van der Waals surface area contributed by atoms with E-state index in [0.29, 0.717) is 17.4 Å². The first-order valence-corrected chi connectivity index (χ1v) is 7.26. The Balaban J connectivity index is 2.04. The number of aryl methyl sites for hydroxylation is 1. The van der Waals surface area contributed by atoms with Crippen LogP contribution in [0.2, 0.25) is 0 Å². The van der Waals surface area contributed by atoms with Crippen molar-refractivity contribution in [3.05, 3.63) is 39.7 Å². The number of aromatic nitrogens is 2. The maximum atomic E-state index is 5.84. The van der Waals surface area contributed by atoms with Gasteiger partial charge in [-0.1, -0.05) is 27.2 Å². The Labute approximate surface area is 122 Å². The third-order valence-corrected chi connectivity index (χ3v) is 4.26. The van der Waals surface area contributed by atoms with Crippen molar-refractivity contribution in [3.8, 4) is 22.2 Å². The third-order valence-electron chi connectivity index (χ3n) is 2.68. The Morgan fingerprint density at radius 3 is 2.84 bits per heavy atom. The van der Waals surface area contributed by atoms with Crippen molar-refractivity contribution in [3.63, 3.8) is 0 Å². The number of nitrogen functional groups attached to an aromatic ring is 1.